The van der Waals surface area contributed by atoms with Crippen LogP contribution in [0.5, 0.6) is 0 Å². The average molecular weight is 295 g/mol. The van der Waals surface area contributed by atoms with Crippen molar-refractivity contribution in [2.24, 2.45) is 0 Å². The Bertz CT molecular complexity index is 892. The molecule has 1 aromatic carbocycles. The number of hydrogen-bond donors (Lipinski definition) is 2. The fourth-order valence-electron chi connectivity index (χ4n) is 1.67. The molecule has 0 fully saturated rings. The third-order valence-electron chi connectivity index (χ3n) is 2.63. The van der Waals surface area contributed by atoms with Gasteiger partial charge in [0.1, 0.15) is 6.26 Å². The molecule has 0 spiro atoms. The first-order valence-electron chi connectivity index (χ1n) is 5.54. The predicted molar refractivity (Wildman–Crippen MR) is 67.4 cm³/mol. The highest BCUT2D eigenvalue weighted by Crippen LogP contribution is 2.16. The molecule has 0 bridgehead atoms. The summed E-state index contributed by atoms with van der Waals surface area (Å²) in [6.07, 6.45) is 2.56. The number of nitrogens with one attached hydrogen (secondary N) is 2. The van der Waals surface area contributed by atoms with Gasteiger partial charge in [-0.15, -0.1) is 0 Å². The van der Waals surface area contributed by atoms with E-state index in [1.165, 1.54) is 30.9 Å². The third kappa shape index (κ3) is 2.36. The number of benzene rings is 1. The summed E-state index contributed by atoms with van der Waals surface area (Å²) >= 11 is 0. The molecule has 0 saturated heterocycles. The highest BCUT2D eigenvalue weighted by atomic mass is 32.2. The summed E-state index contributed by atoms with van der Waals surface area (Å²) in [5.74, 6) is -0.634. The van der Waals surface area contributed by atoms with Gasteiger partial charge in [-0.05, 0) is 12.1 Å². The van der Waals surface area contributed by atoms with Crippen molar-refractivity contribution in [2.45, 2.75) is 11.4 Å². The maximum absolute atomic E-state index is 12.1. The summed E-state index contributed by atoms with van der Waals surface area (Å²) in [6, 6.07) is 4.11. The molecule has 3 aromatic rings. The zero-order valence-corrected chi connectivity index (χ0v) is 10.8. The lowest BCUT2D eigenvalue weighted by molar-refractivity contribution is 0.552. The molecule has 0 aliphatic heterocycles. The van der Waals surface area contributed by atoms with E-state index in [9.17, 15) is 13.2 Å². The van der Waals surface area contributed by atoms with Gasteiger partial charge >= 0.3 is 5.76 Å². The number of H-pyrrole nitrogens is 1. The van der Waals surface area contributed by atoms with Gasteiger partial charge in [0.2, 0.25) is 10.0 Å². The molecule has 0 aliphatic rings. The van der Waals surface area contributed by atoms with Crippen molar-refractivity contribution in [1.29, 1.82) is 0 Å². The van der Waals surface area contributed by atoms with Crippen LogP contribution < -0.4 is 10.5 Å². The summed E-state index contributed by atoms with van der Waals surface area (Å²) in [7, 11) is -3.73. The second-order valence-corrected chi connectivity index (χ2v) is 5.74. The standard InChI is InChI=1S/C11H9N3O5S/c15-11-14-9-2-1-8(3-10(9)19-11)20(16,17)13-4-7-5-18-6-12-7/h1-3,5-6,13H,4H2,(H,14,15). The van der Waals surface area contributed by atoms with Crippen molar-refractivity contribution in [3.63, 3.8) is 0 Å². The Labute approximate surface area is 112 Å². The minimum absolute atomic E-state index is 0.00348. The van der Waals surface area contributed by atoms with E-state index in [0.717, 1.165) is 0 Å². The summed E-state index contributed by atoms with van der Waals surface area (Å²) in [4.78, 5) is 17.3. The Kier molecular flexibility index (Phi) is 2.92. The number of sulfonamides is 1. The highest BCUT2D eigenvalue weighted by Gasteiger charge is 2.16. The Hall–Kier alpha value is -2.39. The van der Waals surface area contributed by atoms with Crippen molar-refractivity contribution in [3.05, 3.63) is 47.1 Å². The number of rotatable bonds is 4. The second-order valence-electron chi connectivity index (χ2n) is 3.98. The molecule has 0 radical (unpaired) electrons. The Morgan fingerprint density at radius 3 is 2.95 bits per heavy atom. The van der Waals surface area contributed by atoms with Gasteiger partial charge in [0, 0.05) is 6.07 Å². The van der Waals surface area contributed by atoms with Crippen LogP contribution in [-0.4, -0.2) is 18.4 Å². The van der Waals surface area contributed by atoms with E-state index in [1.807, 2.05) is 0 Å². The van der Waals surface area contributed by atoms with E-state index in [0.29, 0.717) is 11.2 Å². The van der Waals surface area contributed by atoms with Gasteiger partial charge in [-0.2, -0.15) is 0 Å². The van der Waals surface area contributed by atoms with E-state index < -0.39 is 15.8 Å². The Morgan fingerprint density at radius 2 is 2.20 bits per heavy atom. The van der Waals surface area contributed by atoms with Gasteiger partial charge in [-0.3, -0.25) is 4.98 Å². The fourth-order valence-corrected chi connectivity index (χ4v) is 2.68. The van der Waals surface area contributed by atoms with Crippen molar-refractivity contribution in [2.75, 3.05) is 0 Å². The molecule has 2 aromatic heterocycles. The smallest absolute Gasteiger partial charge is 0.417 e. The molecule has 20 heavy (non-hydrogen) atoms. The first-order chi connectivity index (χ1) is 9.54. The lowest BCUT2D eigenvalue weighted by Gasteiger charge is -2.04. The highest BCUT2D eigenvalue weighted by molar-refractivity contribution is 7.89. The molecular formula is C11H9N3O5S. The molecule has 0 atom stereocenters. The van der Waals surface area contributed by atoms with E-state index >= 15 is 0 Å². The van der Waals surface area contributed by atoms with Crippen LogP contribution in [0.15, 0.2) is 49.4 Å². The third-order valence-corrected chi connectivity index (χ3v) is 4.03. The summed E-state index contributed by atoms with van der Waals surface area (Å²) in [5, 5.41) is 0. The van der Waals surface area contributed by atoms with Gasteiger partial charge in [-0.25, -0.2) is 22.9 Å². The lowest BCUT2D eigenvalue weighted by atomic mass is 10.3. The van der Waals surface area contributed by atoms with E-state index in [-0.39, 0.29) is 17.0 Å². The minimum Gasteiger partial charge on any atom is -0.451 e. The van der Waals surface area contributed by atoms with Crippen molar-refractivity contribution < 1.29 is 17.3 Å². The zero-order valence-electron chi connectivity index (χ0n) is 9.99. The topological polar surface area (TPSA) is 118 Å². The second kappa shape index (κ2) is 4.62. The maximum Gasteiger partial charge on any atom is 0.417 e. The number of oxazole rings is 2. The molecule has 9 heteroatoms. The molecule has 0 unspecified atom stereocenters. The normalized spacial score (nSPS) is 12.0. The van der Waals surface area contributed by atoms with Crippen LogP contribution in [0.1, 0.15) is 5.69 Å². The van der Waals surface area contributed by atoms with Crippen molar-refractivity contribution in [1.82, 2.24) is 14.7 Å². The van der Waals surface area contributed by atoms with Crippen LogP contribution in [0.3, 0.4) is 0 Å². The fraction of sp³-hybridized carbons (Fsp3) is 0.0909. The molecule has 8 nitrogen and oxygen atoms in total. The SMILES string of the molecule is O=c1[nH]c2ccc(S(=O)(=O)NCc3cocn3)cc2o1. The molecule has 104 valence electrons. The van der Waals surface area contributed by atoms with E-state index in [2.05, 4.69) is 14.7 Å². The monoisotopic (exact) mass is 295 g/mol. The van der Waals surface area contributed by atoms with Gasteiger partial charge in [0.05, 0.1) is 22.7 Å². The first kappa shape index (κ1) is 12.6. The Balaban J connectivity index is 1.90. The molecular weight excluding hydrogens is 286 g/mol. The van der Waals surface area contributed by atoms with Crippen molar-refractivity contribution >= 4 is 21.1 Å². The van der Waals surface area contributed by atoms with E-state index in [1.54, 1.807) is 0 Å². The number of fused-ring (bicyclic) bond motifs is 1. The lowest BCUT2D eigenvalue weighted by Crippen LogP contribution is -2.23. The number of aromatic nitrogens is 2. The molecule has 2 heterocycles. The predicted octanol–water partition coefficient (Wildman–Crippen LogP) is 0.588. The van der Waals surface area contributed by atoms with Gasteiger partial charge < -0.3 is 8.83 Å². The molecule has 0 amide bonds. The van der Waals surface area contributed by atoms with Gasteiger partial charge in [0.15, 0.2) is 12.0 Å². The van der Waals surface area contributed by atoms with Crippen LogP contribution in [0, 0.1) is 0 Å². The summed E-state index contributed by atoms with van der Waals surface area (Å²) in [6.45, 7) is 0.00789. The molecule has 3 rings (SSSR count). The Morgan fingerprint density at radius 1 is 1.35 bits per heavy atom. The molecule has 0 aliphatic carbocycles. The zero-order chi connectivity index (χ0) is 14.2. The first-order valence-corrected chi connectivity index (χ1v) is 7.02. The number of nitrogens with zero attached hydrogens (tertiary/aromatic N) is 1. The van der Waals surface area contributed by atoms with Gasteiger partial charge in [-0.1, -0.05) is 0 Å². The minimum atomic E-state index is -3.73. The van der Waals surface area contributed by atoms with Crippen LogP contribution in [0.2, 0.25) is 0 Å². The average Bonchev–Trinajstić information content (AvgIpc) is 3.03. The summed E-state index contributed by atoms with van der Waals surface area (Å²) < 4.78 is 36.1. The van der Waals surface area contributed by atoms with E-state index in [4.69, 9.17) is 8.83 Å². The van der Waals surface area contributed by atoms with Crippen LogP contribution in [0.25, 0.3) is 11.1 Å². The largest absolute Gasteiger partial charge is 0.451 e. The number of aromatic amines is 1. The van der Waals surface area contributed by atoms with Crippen LogP contribution in [-0.2, 0) is 16.6 Å². The van der Waals surface area contributed by atoms with Crippen LogP contribution >= 0.6 is 0 Å². The molecule has 0 saturated carbocycles. The van der Waals surface area contributed by atoms with Crippen LogP contribution in [0.4, 0.5) is 0 Å². The van der Waals surface area contributed by atoms with Gasteiger partial charge in [0.25, 0.3) is 0 Å². The quantitative estimate of drug-likeness (QED) is 0.727. The number of hydrogen-bond acceptors (Lipinski definition) is 6. The molecule has 2 N–H and O–H groups in total. The summed E-state index contributed by atoms with van der Waals surface area (Å²) in [5.41, 5.74) is 1.08. The maximum atomic E-state index is 12.1. The van der Waals surface area contributed by atoms with Crippen molar-refractivity contribution in [3.8, 4) is 0 Å².